The zero-order valence-electron chi connectivity index (χ0n) is 14.2. The van der Waals surface area contributed by atoms with Gasteiger partial charge < -0.3 is 10.3 Å². The van der Waals surface area contributed by atoms with Gasteiger partial charge in [-0.25, -0.2) is 18.7 Å². The predicted octanol–water partition coefficient (Wildman–Crippen LogP) is 4.41. The highest BCUT2D eigenvalue weighted by Crippen LogP contribution is 2.43. The van der Waals surface area contributed by atoms with Crippen molar-refractivity contribution in [2.45, 2.75) is 0 Å². The number of H-pyrrole nitrogens is 1. The molecule has 4 heterocycles. The standard InChI is InChI=1S/C20H10F2N6/c21-13-3-4-14(22)16(12(13)8-23)20-27-17-10-5-7-24-9-15(10)26-19-11(18(17)28-20)2-1-6-25-19/h1-7,9H,(H,25,26)(H,27,28). The fraction of sp³-hybridized carbons (Fsp3) is 0. The molecule has 28 heavy (non-hydrogen) atoms. The number of fused-ring (bicyclic) bond motifs is 5. The number of rotatable bonds is 1. The van der Waals surface area contributed by atoms with Crippen molar-refractivity contribution in [1.82, 2.24) is 19.9 Å². The van der Waals surface area contributed by atoms with Crippen LogP contribution in [-0.4, -0.2) is 19.9 Å². The average Bonchev–Trinajstić information content (AvgIpc) is 3.09. The van der Waals surface area contributed by atoms with Crippen molar-refractivity contribution >= 4 is 11.5 Å². The lowest BCUT2D eigenvalue weighted by Gasteiger charge is -2.08. The van der Waals surface area contributed by atoms with Crippen LogP contribution in [0.5, 0.6) is 0 Å². The molecule has 0 spiro atoms. The van der Waals surface area contributed by atoms with E-state index in [1.165, 1.54) is 0 Å². The number of benzene rings is 1. The summed E-state index contributed by atoms with van der Waals surface area (Å²) in [7, 11) is 0. The monoisotopic (exact) mass is 372 g/mol. The third-order valence-corrected chi connectivity index (χ3v) is 4.56. The van der Waals surface area contributed by atoms with E-state index in [4.69, 9.17) is 0 Å². The maximum Gasteiger partial charge on any atom is 0.142 e. The number of pyridine rings is 2. The Hall–Kier alpha value is -4.12. The SMILES string of the molecule is N#Cc1c(F)ccc(F)c1-c1nc2c([nH]1)-c1ccncc1Nc1ncccc1-2. The molecule has 8 heteroatoms. The Labute approximate surface area is 157 Å². The first-order valence-corrected chi connectivity index (χ1v) is 8.32. The molecule has 0 unspecified atom stereocenters. The Kier molecular flexibility index (Phi) is 3.42. The van der Waals surface area contributed by atoms with E-state index < -0.39 is 17.2 Å². The minimum absolute atomic E-state index is 0.0676. The molecule has 1 aliphatic heterocycles. The molecule has 2 N–H and O–H groups in total. The van der Waals surface area contributed by atoms with Gasteiger partial charge >= 0.3 is 0 Å². The molecule has 0 amide bonds. The van der Waals surface area contributed by atoms with E-state index in [0.29, 0.717) is 28.5 Å². The van der Waals surface area contributed by atoms with E-state index in [1.807, 2.05) is 6.07 Å². The second-order valence-corrected chi connectivity index (χ2v) is 6.15. The summed E-state index contributed by atoms with van der Waals surface area (Å²) < 4.78 is 28.6. The van der Waals surface area contributed by atoms with Crippen LogP contribution in [-0.2, 0) is 0 Å². The number of nitrogens with one attached hydrogen (secondary N) is 2. The summed E-state index contributed by atoms with van der Waals surface area (Å²) in [5, 5.41) is 12.5. The molecule has 0 saturated heterocycles. The summed E-state index contributed by atoms with van der Waals surface area (Å²) >= 11 is 0. The zero-order chi connectivity index (χ0) is 19.3. The van der Waals surface area contributed by atoms with Crippen LogP contribution >= 0.6 is 0 Å². The summed E-state index contributed by atoms with van der Waals surface area (Å²) in [4.78, 5) is 16.1. The number of hydrogen-bond acceptors (Lipinski definition) is 5. The molecule has 6 nitrogen and oxygen atoms in total. The number of hydrogen-bond donors (Lipinski definition) is 2. The highest BCUT2D eigenvalue weighted by Gasteiger charge is 2.26. The average molecular weight is 372 g/mol. The number of anilines is 2. The molecule has 0 aliphatic carbocycles. The first-order valence-electron chi connectivity index (χ1n) is 8.32. The predicted molar refractivity (Wildman–Crippen MR) is 98.4 cm³/mol. The lowest BCUT2D eigenvalue weighted by molar-refractivity contribution is 0.599. The van der Waals surface area contributed by atoms with Gasteiger partial charge in [-0.3, -0.25) is 4.98 Å². The molecule has 134 valence electrons. The molecule has 0 fully saturated rings. The summed E-state index contributed by atoms with van der Waals surface area (Å²) in [6.07, 6.45) is 4.91. The second-order valence-electron chi connectivity index (χ2n) is 6.15. The fourth-order valence-corrected chi connectivity index (χ4v) is 3.31. The van der Waals surface area contributed by atoms with Crippen LogP contribution < -0.4 is 5.32 Å². The smallest absolute Gasteiger partial charge is 0.142 e. The van der Waals surface area contributed by atoms with E-state index >= 15 is 0 Å². The molecule has 0 atom stereocenters. The number of aromatic amines is 1. The number of aromatic nitrogens is 4. The lowest BCUT2D eigenvalue weighted by atomic mass is 10.1. The number of nitriles is 1. The van der Waals surface area contributed by atoms with E-state index in [0.717, 1.165) is 17.7 Å². The van der Waals surface area contributed by atoms with E-state index in [-0.39, 0.29) is 11.4 Å². The van der Waals surface area contributed by atoms with Crippen LogP contribution in [0.4, 0.5) is 20.3 Å². The topological polar surface area (TPSA) is 90.3 Å². The van der Waals surface area contributed by atoms with Gasteiger partial charge in [-0.1, -0.05) is 0 Å². The Morgan fingerprint density at radius 3 is 2.71 bits per heavy atom. The third kappa shape index (κ3) is 2.27. The van der Waals surface area contributed by atoms with Crippen molar-refractivity contribution in [2.75, 3.05) is 5.32 Å². The molecule has 4 aromatic rings. The van der Waals surface area contributed by atoms with Gasteiger partial charge in [0.1, 0.15) is 40.6 Å². The van der Waals surface area contributed by atoms with Crippen LogP contribution in [0.15, 0.2) is 48.9 Å². The molecular formula is C20H10F2N6. The van der Waals surface area contributed by atoms with Crippen LogP contribution in [0.2, 0.25) is 0 Å². The van der Waals surface area contributed by atoms with Crippen molar-refractivity contribution < 1.29 is 8.78 Å². The molecule has 1 aromatic carbocycles. The maximum absolute atomic E-state index is 14.5. The highest BCUT2D eigenvalue weighted by atomic mass is 19.1. The van der Waals surface area contributed by atoms with Gasteiger partial charge in [-0.05, 0) is 30.3 Å². The van der Waals surface area contributed by atoms with Gasteiger partial charge in [-0.2, -0.15) is 5.26 Å². The Morgan fingerprint density at radius 1 is 1.00 bits per heavy atom. The molecule has 5 rings (SSSR count). The van der Waals surface area contributed by atoms with Crippen molar-refractivity contribution in [2.24, 2.45) is 0 Å². The fourth-order valence-electron chi connectivity index (χ4n) is 3.31. The van der Waals surface area contributed by atoms with Crippen molar-refractivity contribution in [3.8, 4) is 40.0 Å². The van der Waals surface area contributed by atoms with Gasteiger partial charge in [0, 0.05) is 23.5 Å². The summed E-state index contributed by atoms with van der Waals surface area (Å²) in [6, 6.07) is 9.00. The molecule has 3 aromatic heterocycles. The maximum atomic E-state index is 14.5. The second kappa shape index (κ2) is 5.96. The van der Waals surface area contributed by atoms with Crippen LogP contribution in [0.3, 0.4) is 0 Å². The highest BCUT2D eigenvalue weighted by molar-refractivity contribution is 5.95. The molecule has 0 radical (unpaired) electrons. The summed E-state index contributed by atoms with van der Waals surface area (Å²) in [6.45, 7) is 0. The lowest BCUT2D eigenvalue weighted by Crippen LogP contribution is -1.97. The molecule has 1 aliphatic rings. The van der Waals surface area contributed by atoms with Crippen LogP contribution in [0.1, 0.15) is 5.56 Å². The van der Waals surface area contributed by atoms with Crippen molar-refractivity contribution in [3.63, 3.8) is 0 Å². The third-order valence-electron chi connectivity index (χ3n) is 4.56. The van der Waals surface area contributed by atoms with Crippen molar-refractivity contribution in [3.05, 3.63) is 66.1 Å². The normalized spacial score (nSPS) is 11.5. The first-order chi connectivity index (χ1) is 13.7. The van der Waals surface area contributed by atoms with Gasteiger partial charge in [0.25, 0.3) is 0 Å². The number of nitrogens with zero attached hydrogens (tertiary/aromatic N) is 4. The van der Waals surface area contributed by atoms with Crippen LogP contribution in [0, 0.1) is 23.0 Å². The van der Waals surface area contributed by atoms with E-state index in [1.54, 1.807) is 36.8 Å². The quantitative estimate of drug-likeness (QED) is 0.455. The van der Waals surface area contributed by atoms with E-state index in [2.05, 4.69) is 25.3 Å². The van der Waals surface area contributed by atoms with E-state index in [9.17, 15) is 14.0 Å². The van der Waals surface area contributed by atoms with Gasteiger partial charge in [-0.15, -0.1) is 0 Å². The Morgan fingerprint density at radius 2 is 1.86 bits per heavy atom. The van der Waals surface area contributed by atoms with Crippen molar-refractivity contribution in [1.29, 1.82) is 5.26 Å². The van der Waals surface area contributed by atoms with Gasteiger partial charge in [0.15, 0.2) is 0 Å². The molecule has 0 bridgehead atoms. The Bertz CT molecular complexity index is 1230. The molecular weight excluding hydrogens is 362 g/mol. The van der Waals surface area contributed by atoms with Gasteiger partial charge in [0.2, 0.25) is 0 Å². The largest absolute Gasteiger partial charge is 0.338 e. The molecule has 0 saturated carbocycles. The number of imidazole rings is 1. The summed E-state index contributed by atoms with van der Waals surface area (Å²) in [5.41, 5.74) is 2.63. The minimum Gasteiger partial charge on any atom is -0.338 e. The minimum atomic E-state index is -0.807. The zero-order valence-corrected chi connectivity index (χ0v) is 14.2. The Balaban J connectivity index is 1.85. The number of halogens is 2. The first kappa shape index (κ1) is 16.1. The van der Waals surface area contributed by atoms with Gasteiger partial charge in [0.05, 0.1) is 23.1 Å². The summed E-state index contributed by atoms with van der Waals surface area (Å²) in [5.74, 6) is -0.910. The van der Waals surface area contributed by atoms with Crippen LogP contribution in [0.25, 0.3) is 33.9 Å².